The number of aliphatic hydroxyl groups is 1. The number of nitrogens with two attached hydrogens (primary N) is 1. The van der Waals surface area contributed by atoms with Crippen molar-refractivity contribution in [2.45, 2.75) is 23.7 Å². The number of halogens is 1. The molecule has 0 amide bonds. The topological polar surface area (TPSA) is 121 Å². The molecule has 0 aromatic heterocycles. The van der Waals surface area contributed by atoms with Crippen LogP contribution in [0, 0.1) is 11.8 Å². The smallest absolute Gasteiger partial charge is 0.342 e. The maximum absolute atomic E-state index is 13.7. The van der Waals surface area contributed by atoms with Crippen LogP contribution in [0.5, 0.6) is 0 Å². The molecule has 3 unspecified atom stereocenters. The average molecular weight is 219 g/mol. The molecule has 2 saturated carbocycles. The van der Waals surface area contributed by atoms with Crippen molar-refractivity contribution in [3.05, 3.63) is 0 Å². The molecule has 0 aliphatic heterocycles. The van der Waals surface area contributed by atoms with E-state index in [0.717, 1.165) is 0 Å². The molecule has 0 bridgehead atoms. The first-order valence-corrected chi connectivity index (χ1v) is 4.40. The van der Waals surface area contributed by atoms with Crippen LogP contribution in [-0.2, 0) is 9.59 Å². The third kappa shape index (κ3) is 0.895. The maximum Gasteiger partial charge on any atom is 0.342 e. The average Bonchev–Trinajstić information content (AvgIpc) is 2.60. The normalized spacial score (nSPS) is 52.3. The minimum absolute atomic E-state index is 0.226. The zero-order chi connectivity index (χ0) is 11.6. The van der Waals surface area contributed by atoms with Crippen LogP contribution in [0.15, 0.2) is 0 Å². The largest absolute Gasteiger partial charge is 0.480 e. The zero-order valence-electron chi connectivity index (χ0n) is 7.55. The minimum Gasteiger partial charge on any atom is -0.480 e. The Hall–Kier alpha value is -1.21. The van der Waals surface area contributed by atoms with Gasteiger partial charge in [-0.15, -0.1) is 0 Å². The fourth-order valence-electron chi connectivity index (χ4n) is 2.62. The molecule has 0 heterocycles. The Bertz CT molecular complexity index is 361. The van der Waals surface area contributed by atoms with Crippen LogP contribution in [0.3, 0.4) is 0 Å². The maximum atomic E-state index is 13.7. The van der Waals surface area contributed by atoms with Crippen LogP contribution in [0.25, 0.3) is 0 Å². The minimum atomic E-state index is -2.59. The van der Waals surface area contributed by atoms with E-state index in [1.807, 2.05) is 0 Å². The molecular weight excluding hydrogens is 209 g/mol. The van der Waals surface area contributed by atoms with Gasteiger partial charge in [-0.3, -0.25) is 4.79 Å². The highest BCUT2D eigenvalue weighted by Crippen LogP contribution is 2.66. The molecule has 5 N–H and O–H groups in total. The Morgan fingerprint density at radius 3 is 2.27 bits per heavy atom. The number of carboxylic acid groups (broad SMARTS) is 2. The van der Waals surface area contributed by atoms with Crippen LogP contribution >= 0.6 is 0 Å². The Balaban J connectivity index is 2.37. The Labute approximate surface area is 83.5 Å². The predicted molar refractivity (Wildman–Crippen MR) is 43.6 cm³/mol. The van der Waals surface area contributed by atoms with E-state index in [1.165, 1.54) is 0 Å². The molecule has 6 nitrogen and oxygen atoms in total. The molecule has 2 fully saturated rings. The number of alkyl halides is 1. The molecule has 0 aromatic rings. The zero-order valence-corrected chi connectivity index (χ0v) is 7.55. The van der Waals surface area contributed by atoms with Gasteiger partial charge in [-0.05, 0) is 6.42 Å². The quantitative estimate of drug-likeness (QED) is 0.452. The van der Waals surface area contributed by atoms with E-state index < -0.39 is 41.1 Å². The Morgan fingerprint density at radius 1 is 1.33 bits per heavy atom. The molecule has 0 aromatic carbocycles. The molecule has 84 valence electrons. The van der Waals surface area contributed by atoms with Crippen molar-refractivity contribution >= 4 is 11.9 Å². The van der Waals surface area contributed by atoms with E-state index in [2.05, 4.69) is 0 Å². The van der Waals surface area contributed by atoms with Gasteiger partial charge in [0.15, 0.2) is 0 Å². The first-order valence-electron chi connectivity index (χ1n) is 4.40. The van der Waals surface area contributed by atoms with Crippen LogP contribution in [0.1, 0.15) is 6.42 Å². The van der Waals surface area contributed by atoms with Gasteiger partial charge in [-0.2, -0.15) is 0 Å². The first-order chi connectivity index (χ1) is 6.77. The van der Waals surface area contributed by atoms with Crippen LogP contribution in [0.4, 0.5) is 4.39 Å². The number of rotatable bonds is 2. The summed E-state index contributed by atoms with van der Waals surface area (Å²) >= 11 is 0. The SMILES string of the molecule is NC1(C(=O)O)C(O)C[C@H]2C1[C@]2(F)C(=O)O. The summed E-state index contributed by atoms with van der Waals surface area (Å²) < 4.78 is 13.7. The number of aliphatic hydroxyl groups excluding tert-OH is 1. The summed E-state index contributed by atoms with van der Waals surface area (Å²) in [6.07, 6.45) is -1.62. The van der Waals surface area contributed by atoms with E-state index in [0.29, 0.717) is 0 Å². The van der Waals surface area contributed by atoms with Crippen molar-refractivity contribution in [3.8, 4) is 0 Å². The number of hydrogen-bond donors (Lipinski definition) is 4. The Morgan fingerprint density at radius 2 is 1.87 bits per heavy atom. The van der Waals surface area contributed by atoms with Gasteiger partial charge >= 0.3 is 11.9 Å². The molecule has 0 spiro atoms. The van der Waals surface area contributed by atoms with Gasteiger partial charge < -0.3 is 21.1 Å². The molecule has 0 radical (unpaired) electrons. The van der Waals surface area contributed by atoms with Gasteiger partial charge in [0.05, 0.1) is 6.10 Å². The molecule has 5 atom stereocenters. The summed E-state index contributed by atoms with van der Waals surface area (Å²) in [5.74, 6) is -5.61. The molecule has 15 heavy (non-hydrogen) atoms. The Kier molecular flexibility index (Phi) is 1.70. The fraction of sp³-hybridized carbons (Fsp3) is 0.750. The molecule has 2 aliphatic rings. The van der Waals surface area contributed by atoms with E-state index in [9.17, 15) is 19.1 Å². The lowest BCUT2D eigenvalue weighted by molar-refractivity contribution is -0.153. The van der Waals surface area contributed by atoms with Crippen LogP contribution in [-0.4, -0.2) is 44.6 Å². The first kappa shape index (κ1) is 10.3. The summed E-state index contributed by atoms with van der Waals surface area (Å²) in [6, 6.07) is 0. The van der Waals surface area contributed by atoms with Crippen LogP contribution in [0.2, 0.25) is 0 Å². The molecule has 2 rings (SSSR count). The summed E-state index contributed by atoms with van der Waals surface area (Å²) in [5, 5.41) is 26.8. The summed E-state index contributed by atoms with van der Waals surface area (Å²) in [6.45, 7) is 0. The van der Waals surface area contributed by atoms with Gasteiger partial charge in [0.1, 0.15) is 5.54 Å². The molecule has 7 heteroatoms. The lowest BCUT2D eigenvalue weighted by Gasteiger charge is -2.27. The number of fused-ring (bicyclic) bond motifs is 1. The van der Waals surface area contributed by atoms with Gasteiger partial charge in [0.25, 0.3) is 0 Å². The standard InChI is InChI=1S/C8H10FNO5/c9-7(5(12)13)2-1-3(11)8(10,4(2)7)6(14)15/h2-4,11H,1,10H2,(H,12,13)(H,14,15)/t2-,3?,4?,7-,8?/m0/s1. The second kappa shape index (κ2) is 2.48. The van der Waals surface area contributed by atoms with Gasteiger partial charge in [0.2, 0.25) is 5.67 Å². The summed E-state index contributed by atoms with van der Waals surface area (Å²) in [4.78, 5) is 21.4. The van der Waals surface area contributed by atoms with E-state index in [4.69, 9.17) is 15.9 Å². The van der Waals surface area contributed by atoms with Crippen molar-refractivity contribution in [2.75, 3.05) is 0 Å². The van der Waals surface area contributed by atoms with E-state index in [1.54, 1.807) is 0 Å². The molecular formula is C8H10FNO5. The second-order valence-electron chi connectivity index (χ2n) is 4.15. The van der Waals surface area contributed by atoms with E-state index >= 15 is 0 Å². The van der Waals surface area contributed by atoms with Gasteiger partial charge in [-0.1, -0.05) is 0 Å². The van der Waals surface area contributed by atoms with Crippen molar-refractivity contribution in [1.29, 1.82) is 0 Å². The fourth-order valence-corrected chi connectivity index (χ4v) is 2.62. The lowest BCUT2D eigenvalue weighted by Crippen LogP contribution is -2.59. The highest BCUT2D eigenvalue weighted by Gasteiger charge is 2.84. The van der Waals surface area contributed by atoms with Gasteiger partial charge in [0, 0.05) is 11.8 Å². The number of hydrogen-bond acceptors (Lipinski definition) is 4. The monoisotopic (exact) mass is 219 g/mol. The van der Waals surface area contributed by atoms with Crippen molar-refractivity contribution < 1.29 is 29.3 Å². The number of carbonyl (C=O) groups is 2. The second-order valence-corrected chi connectivity index (χ2v) is 4.15. The summed E-state index contributed by atoms with van der Waals surface area (Å²) in [5.41, 5.74) is 0.617. The number of aliphatic carboxylic acids is 2. The van der Waals surface area contributed by atoms with Gasteiger partial charge in [-0.25, -0.2) is 9.18 Å². The van der Waals surface area contributed by atoms with Crippen molar-refractivity contribution in [2.24, 2.45) is 17.6 Å². The lowest BCUT2D eigenvalue weighted by atomic mass is 9.88. The molecule has 0 saturated heterocycles. The van der Waals surface area contributed by atoms with Crippen molar-refractivity contribution in [1.82, 2.24) is 0 Å². The van der Waals surface area contributed by atoms with Crippen molar-refractivity contribution in [3.63, 3.8) is 0 Å². The third-order valence-corrected chi connectivity index (χ3v) is 3.53. The highest BCUT2D eigenvalue weighted by atomic mass is 19.1. The molecule has 2 aliphatic carbocycles. The third-order valence-electron chi connectivity index (χ3n) is 3.53. The predicted octanol–water partition coefficient (Wildman–Crippen LogP) is -1.43. The summed E-state index contributed by atoms with van der Waals surface area (Å²) in [7, 11) is 0. The van der Waals surface area contributed by atoms with Crippen LogP contribution < -0.4 is 5.73 Å². The number of carboxylic acids is 2. The van der Waals surface area contributed by atoms with E-state index in [-0.39, 0.29) is 6.42 Å². The highest BCUT2D eigenvalue weighted by molar-refractivity contribution is 5.90.